The van der Waals surface area contributed by atoms with Crippen molar-refractivity contribution in [1.29, 1.82) is 0 Å². The summed E-state index contributed by atoms with van der Waals surface area (Å²) in [6.07, 6.45) is 9.04. The van der Waals surface area contributed by atoms with E-state index in [1.54, 1.807) is 7.11 Å². The van der Waals surface area contributed by atoms with Crippen LogP contribution in [0.2, 0.25) is 0 Å². The van der Waals surface area contributed by atoms with E-state index < -0.39 is 0 Å². The average molecular weight is 390 g/mol. The molecule has 1 heterocycles. The van der Waals surface area contributed by atoms with Crippen LogP contribution in [-0.2, 0) is 17.4 Å². The molecule has 3 saturated carbocycles. The van der Waals surface area contributed by atoms with E-state index in [4.69, 9.17) is 20.0 Å². The molecule has 5 rings (SSSR count). The number of hydrogen-bond donors (Lipinski definition) is 1. The van der Waals surface area contributed by atoms with Crippen LogP contribution in [0.3, 0.4) is 0 Å². The highest BCUT2D eigenvalue weighted by Gasteiger charge is 2.55. The first-order valence-electron chi connectivity index (χ1n) is 9.88. The SMILES string of the molecule is COc1cccc(CC2(c3nc(C4(N)CCC4)no3)CC3CCC2C3)c1.Cl. The van der Waals surface area contributed by atoms with Gasteiger partial charge in [0.2, 0.25) is 5.89 Å². The van der Waals surface area contributed by atoms with Gasteiger partial charge in [-0.15, -0.1) is 12.4 Å². The van der Waals surface area contributed by atoms with Crippen molar-refractivity contribution in [2.75, 3.05) is 7.11 Å². The molecule has 6 heteroatoms. The number of halogens is 1. The highest BCUT2D eigenvalue weighted by atomic mass is 35.5. The molecule has 3 atom stereocenters. The molecule has 3 aliphatic rings. The van der Waals surface area contributed by atoms with Crippen molar-refractivity contribution >= 4 is 12.4 Å². The van der Waals surface area contributed by atoms with E-state index in [0.717, 1.165) is 49.7 Å². The predicted octanol–water partition coefficient (Wildman–Crippen LogP) is 4.14. The van der Waals surface area contributed by atoms with Crippen molar-refractivity contribution in [3.8, 4) is 5.75 Å². The maximum atomic E-state index is 6.44. The van der Waals surface area contributed by atoms with Crippen LogP contribution < -0.4 is 10.5 Å². The molecule has 3 fully saturated rings. The zero-order chi connectivity index (χ0) is 17.8. The molecule has 0 aliphatic heterocycles. The normalized spacial score (nSPS) is 30.6. The third-order valence-electron chi connectivity index (χ3n) is 7.17. The van der Waals surface area contributed by atoms with Gasteiger partial charge in [-0.1, -0.05) is 23.7 Å². The highest BCUT2D eigenvalue weighted by molar-refractivity contribution is 5.85. The second kappa shape index (κ2) is 6.78. The molecule has 3 unspecified atom stereocenters. The fraction of sp³-hybridized carbons (Fsp3) is 0.619. The molecular formula is C21H28ClN3O2. The largest absolute Gasteiger partial charge is 0.497 e. The molecule has 3 aliphatic carbocycles. The maximum absolute atomic E-state index is 6.44. The van der Waals surface area contributed by atoms with E-state index in [9.17, 15) is 0 Å². The lowest BCUT2D eigenvalue weighted by Gasteiger charge is -2.36. The van der Waals surface area contributed by atoms with Gasteiger partial charge in [0.15, 0.2) is 5.82 Å². The number of benzene rings is 1. The number of fused-ring (bicyclic) bond motifs is 2. The van der Waals surface area contributed by atoms with Crippen molar-refractivity contribution in [2.45, 2.75) is 62.3 Å². The van der Waals surface area contributed by atoms with Gasteiger partial charge in [-0.05, 0) is 74.5 Å². The zero-order valence-corrected chi connectivity index (χ0v) is 16.6. The standard InChI is InChI=1S/C21H27N3O2.ClH/c1-25-17-5-2-4-14(11-17)12-20(13-15-6-7-16(20)10-15)19-23-18(24-26-19)21(22)8-3-9-21;/h2,4-5,11,15-16H,3,6-10,12-13,22H2,1H3;1H. The van der Waals surface area contributed by atoms with Gasteiger partial charge in [0.1, 0.15) is 5.75 Å². The molecule has 0 spiro atoms. The van der Waals surface area contributed by atoms with Gasteiger partial charge in [-0.2, -0.15) is 4.98 Å². The molecule has 5 nitrogen and oxygen atoms in total. The Morgan fingerprint density at radius 2 is 2.15 bits per heavy atom. The monoisotopic (exact) mass is 389 g/mol. The molecule has 1 aromatic heterocycles. The quantitative estimate of drug-likeness (QED) is 0.831. The van der Waals surface area contributed by atoms with Crippen molar-refractivity contribution in [3.05, 3.63) is 41.5 Å². The summed E-state index contributed by atoms with van der Waals surface area (Å²) < 4.78 is 11.3. The second-order valence-corrected chi connectivity index (χ2v) is 8.70. The number of hydrogen-bond acceptors (Lipinski definition) is 5. The molecule has 27 heavy (non-hydrogen) atoms. The molecule has 0 amide bonds. The zero-order valence-electron chi connectivity index (χ0n) is 15.8. The Morgan fingerprint density at radius 1 is 1.30 bits per heavy atom. The van der Waals surface area contributed by atoms with Crippen LogP contribution in [0.15, 0.2) is 28.8 Å². The lowest BCUT2D eigenvalue weighted by Crippen LogP contribution is -2.44. The van der Waals surface area contributed by atoms with Gasteiger partial charge in [-0.3, -0.25) is 0 Å². The van der Waals surface area contributed by atoms with E-state index in [0.29, 0.717) is 11.7 Å². The number of nitrogens with two attached hydrogens (primary N) is 1. The van der Waals surface area contributed by atoms with Crippen molar-refractivity contribution in [2.24, 2.45) is 17.6 Å². The molecule has 0 radical (unpaired) electrons. The van der Waals surface area contributed by atoms with Crippen molar-refractivity contribution in [3.63, 3.8) is 0 Å². The Labute approximate surface area is 166 Å². The lowest BCUT2D eigenvalue weighted by atomic mass is 9.69. The molecule has 1 aromatic carbocycles. The average Bonchev–Trinajstić information content (AvgIpc) is 3.36. The van der Waals surface area contributed by atoms with Crippen LogP contribution in [-0.4, -0.2) is 17.3 Å². The Hall–Kier alpha value is -1.59. The number of methoxy groups -OCH3 is 1. The number of ether oxygens (including phenoxy) is 1. The minimum absolute atomic E-state index is 0. The molecular weight excluding hydrogens is 362 g/mol. The first-order valence-corrected chi connectivity index (χ1v) is 9.88. The summed E-state index contributed by atoms with van der Waals surface area (Å²) in [5.41, 5.74) is 7.32. The topological polar surface area (TPSA) is 74.2 Å². The Balaban J connectivity index is 0.00000180. The maximum Gasteiger partial charge on any atom is 0.233 e. The van der Waals surface area contributed by atoms with Gasteiger partial charge < -0.3 is 15.0 Å². The number of aromatic nitrogens is 2. The van der Waals surface area contributed by atoms with Crippen molar-refractivity contribution in [1.82, 2.24) is 10.1 Å². The van der Waals surface area contributed by atoms with E-state index in [-0.39, 0.29) is 23.4 Å². The van der Waals surface area contributed by atoms with Gasteiger partial charge >= 0.3 is 0 Å². The van der Waals surface area contributed by atoms with Crippen molar-refractivity contribution < 1.29 is 9.26 Å². The van der Waals surface area contributed by atoms with Gasteiger partial charge in [0, 0.05) is 0 Å². The minimum atomic E-state index is -0.365. The molecule has 2 bridgehead atoms. The molecule has 0 saturated heterocycles. The van der Waals surface area contributed by atoms with Crippen LogP contribution >= 0.6 is 12.4 Å². The Bertz CT molecular complexity index is 819. The van der Waals surface area contributed by atoms with Crippen LogP contribution in [0, 0.1) is 11.8 Å². The fourth-order valence-electron chi connectivity index (χ4n) is 5.55. The Kier molecular flexibility index (Phi) is 4.71. The summed E-state index contributed by atoms with van der Waals surface area (Å²) >= 11 is 0. The van der Waals surface area contributed by atoms with Gasteiger partial charge in [-0.25, -0.2) is 0 Å². The lowest BCUT2D eigenvalue weighted by molar-refractivity contribution is 0.190. The fourth-order valence-corrected chi connectivity index (χ4v) is 5.55. The van der Waals surface area contributed by atoms with E-state index in [1.165, 1.54) is 24.8 Å². The third-order valence-corrected chi connectivity index (χ3v) is 7.17. The highest BCUT2D eigenvalue weighted by Crippen LogP contribution is 2.58. The summed E-state index contributed by atoms with van der Waals surface area (Å²) in [5.74, 6) is 3.85. The molecule has 2 aromatic rings. The van der Waals surface area contributed by atoms with Gasteiger partial charge in [0.05, 0.1) is 18.1 Å². The molecule has 146 valence electrons. The number of rotatable bonds is 5. The van der Waals surface area contributed by atoms with E-state index in [2.05, 4.69) is 23.4 Å². The second-order valence-electron chi connectivity index (χ2n) is 8.70. The predicted molar refractivity (Wildman–Crippen MR) is 105 cm³/mol. The summed E-state index contributed by atoms with van der Waals surface area (Å²) in [6.45, 7) is 0. The summed E-state index contributed by atoms with van der Waals surface area (Å²) in [7, 11) is 1.72. The van der Waals surface area contributed by atoms with Gasteiger partial charge in [0.25, 0.3) is 0 Å². The van der Waals surface area contributed by atoms with Crippen LogP contribution in [0.1, 0.15) is 62.2 Å². The molecule has 2 N–H and O–H groups in total. The first-order chi connectivity index (χ1) is 12.6. The van der Waals surface area contributed by atoms with Crippen LogP contribution in [0.5, 0.6) is 5.75 Å². The first kappa shape index (κ1) is 18.8. The number of nitrogens with zero attached hydrogens (tertiary/aromatic N) is 2. The van der Waals surface area contributed by atoms with E-state index >= 15 is 0 Å². The minimum Gasteiger partial charge on any atom is -0.497 e. The smallest absolute Gasteiger partial charge is 0.233 e. The van der Waals surface area contributed by atoms with Crippen LogP contribution in [0.4, 0.5) is 0 Å². The summed E-state index contributed by atoms with van der Waals surface area (Å²) in [4.78, 5) is 4.88. The Morgan fingerprint density at radius 3 is 2.78 bits per heavy atom. The third kappa shape index (κ3) is 2.95. The summed E-state index contributed by atoms with van der Waals surface area (Å²) in [6, 6.07) is 8.39. The summed E-state index contributed by atoms with van der Waals surface area (Å²) in [5, 5.41) is 4.32. The van der Waals surface area contributed by atoms with Crippen LogP contribution in [0.25, 0.3) is 0 Å². The van der Waals surface area contributed by atoms with E-state index in [1.807, 2.05) is 6.07 Å².